The molecule has 2 aliphatic heterocycles. The molecule has 1 aromatic rings. The van der Waals surface area contributed by atoms with Crippen LogP contribution in [0, 0.1) is 0 Å². The van der Waals surface area contributed by atoms with E-state index in [9.17, 15) is 0 Å². The van der Waals surface area contributed by atoms with E-state index in [2.05, 4.69) is 15.2 Å². The quantitative estimate of drug-likeness (QED) is 0.783. The van der Waals surface area contributed by atoms with Gasteiger partial charge in [-0.05, 0) is 25.5 Å². The van der Waals surface area contributed by atoms with Gasteiger partial charge in [-0.15, -0.1) is 0 Å². The molecule has 2 saturated heterocycles. The summed E-state index contributed by atoms with van der Waals surface area (Å²) in [5.74, 6) is 0. The van der Waals surface area contributed by atoms with Crippen molar-refractivity contribution in [3.63, 3.8) is 0 Å². The van der Waals surface area contributed by atoms with Crippen molar-refractivity contribution in [1.82, 2.24) is 10.3 Å². The Labute approximate surface area is 105 Å². The molecule has 2 atom stereocenters. The number of halogens is 2. The van der Waals surface area contributed by atoms with Crippen molar-refractivity contribution in [2.75, 3.05) is 18.0 Å². The maximum Gasteiger partial charge on any atom is 0.147 e. The zero-order valence-electron chi connectivity index (χ0n) is 8.79. The van der Waals surface area contributed by atoms with Gasteiger partial charge in [-0.25, -0.2) is 4.98 Å². The number of rotatable bonds is 1. The number of fused-ring (bicyclic) bond motifs is 2. The molecular weight excluding hydrogens is 245 g/mol. The van der Waals surface area contributed by atoms with Crippen molar-refractivity contribution in [2.24, 2.45) is 0 Å². The zero-order valence-corrected chi connectivity index (χ0v) is 10.3. The van der Waals surface area contributed by atoms with Crippen molar-refractivity contribution in [1.29, 1.82) is 0 Å². The first-order valence-electron chi connectivity index (χ1n) is 5.55. The van der Waals surface area contributed by atoms with Crippen LogP contribution >= 0.6 is 23.2 Å². The fourth-order valence-corrected chi connectivity index (χ4v) is 2.94. The number of nitrogens with one attached hydrogen (secondary N) is 1. The minimum absolute atomic E-state index is 0.380. The standard InChI is InChI=1S/C11H13Cl2N3/c12-10-4-9(5-15-11(10)13)16-6-7-3-8(16)1-2-14-7/h4-5,7-8,14H,1-3,6H2/t7-,8+/m1/s1. The minimum Gasteiger partial charge on any atom is -0.366 e. The van der Waals surface area contributed by atoms with Gasteiger partial charge < -0.3 is 10.2 Å². The normalized spacial score (nSPS) is 28.5. The van der Waals surface area contributed by atoms with E-state index in [-0.39, 0.29) is 0 Å². The van der Waals surface area contributed by atoms with E-state index in [1.54, 1.807) is 0 Å². The summed E-state index contributed by atoms with van der Waals surface area (Å²) in [7, 11) is 0. The van der Waals surface area contributed by atoms with Gasteiger partial charge in [-0.2, -0.15) is 0 Å². The molecule has 1 N–H and O–H groups in total. The van der Waals surface area contributed by atoms with Crippen LogP contribution in [0.2, 0.25) is 10.2 Å². The number of anilines is 1. The van der Waals surface area contributed by atoms with Crippen LogP contribution in [0.1, 0.15) is 12.8 Å². The Morgan fingerprint density at radius 3 is 3.06 bits per heavy atom. The summed E-state index contributed by atoms with van der Waals surface area (Å²) in [6.07, 6.45) is 4.23. The van der Waals surface area contributed by atoms with Crippen molar-refractivity contribution in [3.05, 3.63) is 22.4 Å². The average Bonchev–Trinajstić information content (AvgIpc) is 2.58. The third-order valence-electron chi connectivity index (χ3n) is 3.44. The largest absolute Gasteiger partial charge is 0.366 e. The number of hydrogen-bond donors (Lipinski definition) is 1. The topological polar surface area (TPSA) is 28.2 Å². The molecule has 2 fully saturated rings. The first-order valence-corrected chi connectivity index (χ1v) is 6.30. The molecule has 3 nitrogen and oxygen atoms in total. The Morgan fingerprint density at radius 1 is 1.44 bits per heavy atom. The van der Waals surface area contributed by atoms with Crippen molar-refractivity contribution in [3.8, 4) is 0 Å². The maximum absolute atomic E-state index is 6.00. The predicted molar refractivity (Wildman–Crippen MR) is 66.4 cm³/mol. The van der Waals surface area contributed by atoms with Crippen molar-refractivity contribution in [2.45, 2.75) is 24.9 Å². The lowest BCUT2D eigenvalue weighted by Gasteiger charge is -2.26. The summed E-state index contributed by atoms with van der Waals surface area (Å²) in [5.41, 5.74) is 1.09. The van der Waals surface area contributed by atoms with E-state index < -0.39 is 0 Å². The fourth-order valence-electron chi connectivity index (χ4n) is 2.68. The fraction of sp³-hybridized carbons (Fsp3) is 0.545. The molecule has 3 rings (SSSR count). The van der Waals surface area contributed by atoms with Crippen LogP contribution in [-0.2, 0) is 0 Å². The van der Waals surface area contributed by atoms with Crippen LogP contribution in [-0.4, -0.2) is 30.2 Å². The molecular formula is C11H13Cl2N3. The lowest BCUT2D eigenvalue weighted by molar-refractivity contribution is 0.449. The molecule has 3 heterocycles. The first-order chi connectivity index (χ1) is 7.74. The molecule has 0 aromatic carbocycles. The summed E-state index contributed by atoms with van der Waals surface area (Å²) in [6.45, 7) is 2.16. The highest BCUT2D eigenvalue weighted by Crippen LogP contribution is 2.32. The van der Waals surface area contributed by atoms with Gasteiger partial charge in [0.2, 0.25) is 0 Å². The van der Waals surface area contributed by atoms with Gasteiger partial charge in [-0.1, -0.05) is 23.2 Å². The van der Waals surface area contributed by atoms with Crippen LogP contribution < -0.4 is 10.2 Å². The highest BCUT2D eigenvalue weighted by atomic mass is 35.5. The molecule has 0 aliphatic carbocycles. The smallest absolute Gasteiger partial charge is 0.147 e. The van der Waals surface area contributed by atoms with Gasteiger partial charge in [-0.3, -0.25) is 0 Å². The maximum atomic E-state index is 6.00. The Hall–Kier alpha value is -0.510. The molecule has 0 unspecified atom stereocenters. The summed E-state index contributed by atoms with van der Waals surface area (Å²) in [6, 6.07) is 3.16. The monoisotopic (exact) mass is 257 g/mol. The van der Waals surface area contributed by atoms with Gasteiger partial charge in [0.25, 0.3) is 0 Å². The zero-order chi connectivity index (χ0) is 11.1. The van der Waals surface area contributed by atoms with E-state index in [4.69, 9.17) is 23.2 Å². The average molecular weight is 258 g/mol. The Bertz CT molecular complexity index is 410. The van der Waals surface area contributed by atoms with E-state index in [1.807, 2.05) is 12.3 Å². The van der Waals surface area contributed by atoms with Crippen LogP contribution in [0.3, 0.4) is 0 Å². The summed E-state index contributed by atoms with van der Waals surface area (Å²) in [5, 5.41) is 4.43. The molecule has 0 spiro atoms. The number of hydrogen-bond acceptors (Lipinski definition) is 3. The van der Waals surface area contributed by atoms with Gasteiger partial charge in [0.1, 0.15) is 5.15 Å². The molecule has 86 valence electrons. The Kier molecular flexibility index (Phi) is 2.70. The molecule has 2 bridgehead atoms. The summed E-state index contributed by atoms with van der Waals surface area (Å²) >= 11 is 11.8. The minimum atomic E-state index is 0.380. The summed E-state index contributed by atoms with van der Waals surface area (Å²) in [4.78, 5) is 6.50. The lowest BCUT2D eigenvalue weighted by Crippen LogP contribution is -2.35. The number of piperidine rings is 1. The Balaban J connectivity index is 1.89. The second-order valence-corrected chi connectivity index (χ2v) is 5.21. The van der Waals surface area contributed by atoms with E-state index in [0.29, 0.717) is 22.3 Å². The highest BCUT2D eigenvalue weighted by Gasteiger charge is 2.35. The van der Waals surface area contributed by atoms with Crippen molar-refractivity contribution < 1.29 is 0 Å². The third kappa shape index (κ3) is 1.77. The second-order valence-electron chi connectivity index (χ2n) is 4.45. The molecule has 1 aromatic heterocycles. The molecule has 5 heteroatoms. The third-order valence-corrected chi connectivity index (χ3v) is 4.12. The molecule has 0 amide bonds. The lowest BCUT2D eigenvalue weighted by atomic mass is 10.1. The van der Waals surface area contributed by atoms with Crippen LogP contribution in [0.5, 0.6) is 0 Å². The van der Waals surface area contributed by atoms with Gasteiger partial charge >= 0.3 is 0 Å². The van der Waals surface area contributed by atoms with Crippen LogP contribution in [0.25, 0.3) is 0 Å². The van der Waals surface area contributed by atoms with E-state index in [1.165, 1.54) is 12.8 Å². The Morgan fingerprint density at radius 2 is 2.31 bits per heavy atom. The molecule has 0 radical (unpaired) electrons. The van der Waals surface area contributed by atoms with Crippen molar-refractivity contribution >= 4 is 28.9 Å². The van der Waals surface area contributed by atoms with E-state index >= 15 is 0 Å². The van der Waals surface area contributed by atoms with Gasteiger partial charge in [0, 0.05) is 18.6 Å². The summed E-state index contributed by atoms with van der Waals surface area (Å²) < 4.78 is 0. The highest BCUT2D eigenvalue weighted by molar-refractivity contribution is 6.41. The number of aromatic nitrogens is 1. The van der Waals surface area contributed by atoms with Crippen LogP contribution in [0.15, 0.2) is 12.3 Å². The second kappa shape index (κ2) is 4.06. The predicted octanol–water partition coefficient (Wildman–Crippen LogP) is 2.33. The van der Waals surface area contributed by atoms with Gasteiger partial charge in [0.05, 0.1) is 16.9 Å². The molecule has 2 aliphatic rings. The number of pyridine rings is 1. The SMILES string of the molecule is Clc1cc(N2C[C@H]3C[C@@H]2CCN3)cnc1Cl. The first kappa shape index (κ1) is 10.6. The van der Waals surface area contributed by atoms with Gasteiger partial charge in [0.15, 0.2) is 0 Å². The van der Waals surface area contributed by atoms with Crippen LogP contribution in [0.4, 0.5) is 5.69 Å². The molecule has 16 heavy (non-hydrogen) atoms. The molecule has 0 saturated carbocycles. The van der Waals surface area contributed by atoms with E-state index in [0.717, 1.165) is 18.8 Å². The number of nitrogens with zero attached hydrogens (tertiary/aromatic N) is 2.